The number of anilines is 1. The maximum Gasteiger partial charge on any atom is 0.306 e. The molecule has 0 atom stereocenters. The lowest BCUT2D eigenvalue weighted by molar-refractivity contribution is -0.144. The second-order valence-corrected chi connectivity index (χ2v) is 10.1. The third kappa shape index (κ3) is 14.0. The molecule has 0 spiro atoms. The number of amides is 1. The van der Waals surface area contributed by atoms with E-state index >= 15 is 0 Å². The number of nitrogens with one attached hydrogen (secondary N) is 1. The van der Waals surface area contributed by atoms with Crippen molar-refractivity contribution in [1.82, 2.24) is 10.2 Å². The van der Waals surface area contributed by atoms with Crippen LogP contribution in [-0.2, 0) is 14.3 Å². The number of aromatic nitrogens is 2. The zero-order valence-electron chi connectivity index (χ0n) is 21.4. The fourth-order valence-corrected chi connectivity index (χ4v) is 4.69. The molecule has 6 nitrogen and oxygen atoms in total. The summed E-state index contributed by atoms with van der Waals surface area (Å²) in [5, 5.41) is 12.0. The van der Waals surface area contributed by atoms with E-state index in [4.69, 9.17) is 4.74 Å². The zero-order valence-corrected chi connectivity index (χ0v) is 22.3. The highest BCUT2D eigenvalue weighted by Gasteiger charge is 2.12. The topological polar surface area (TPSA) is 81.2 Å². The Morgan fingerprint density at radius 2 is 1.34 bits per heavy atom. The zero-order chi connectivity index (χ0) is 25.0. The molecule has 0 radical (unpaired) electrons. The first kappa shape index (κ1) is 29.0. The molecule has 194 valence electrons. The SMILES string of the molecule is CCCCCCCCCCCCCCCCOC(=O)CCC(=O)Nc1nnc(-c2ccccc2)s1. The van der Waals surface area contributed by atoms with E-state index in [1.165, 1.54) is 88.4 Å². The van der Waals surface area contributed by atoms with Gasteiger partial charge in [-0.2, -0.15) is 0 Å². The molecule has 0 fully saturated rings. The highest BCUT2D eigenvalue weighted by atomic mass is 32.1. The van der Waals surface area contributed by atoms with E-state index in [0.29, 0.717) is 11.7 Å². The first-order chi connectivity index (χ1) is 17.2. The summed E-state index contributed by atoms with van der Waals surface area (Å²) in [6, 6.07) is 9.69. The Morgan fingerprint density at radius 3 is 1.94 bits per heavy atom. The van der Waals surface area contributed by atoms with Crippen LogP contribution in [0.15, 0.2) is 30.3 Å². The molecule has 0 aliphatic carbocycles. The monoisotopic (exact) mass is 501 g/mol. The van der Waals surface area contributed by atoms with E-state index in [2.05, 4.69) is 22.4 Å². The van der Waals surface area contributed by atoms with Gasteiger partial charge in [-0.1, -0.05) is 132 Å². The van der Waals surface area contributed by atoms with Gasteiger partial charge < -0.3 is 10.1 Å². The summed E-state index contributed by atoms with van der Waals surface area (Å²) in [7, 11) is 0. The molecule has 7 heteroatoms. The number of rotatable bonds is 20. The number of ether oxygens (including phenoxy) is 1. The van der Waals surface area contributed by atoms with Crippen LogP contribution in [-0.4, -0.2) is 28.7 Å². The van der Waals surface area contributed by atoms with Gasteiger partial charge >= 0.3 is 5.97 Å². The molecule has 0 saturated heterocycles. The van der Waals surface area contributed by atoms with Gasteiger partial charge in [-0.05, 0) is 6.42 Å². The molecule has 1 heterocycles. The van der Waals surface area contributed by atoms with Crippen LogP contribution >= 0.6 is 11.3 Å². The predicted molar refractivity (Wildman–Crippen MR) is 144 cm³/mol. The number of carbonyl (C=O) groups excluding carboxylic acids is 2. The van der Waals surface area contributed by atoms with Gasteiger partial charge in [0, 0.05) is 12.0 Å². The molecule has 0 aliphatic rings. The van der Waals surface area contributed by atoms with Gasteiger partial charge in [0.25, 0.3) is 0 Å². The summed E-state index contributed by atoms with van der Waals surface area (Å²) in [5.74, 6) is -0.578. The minimum Gasteiger partial charge on any atom is -0.466 e. The van der Waals surface area contributed by atoms with E-state index in [9.17, 15) is 9.59 Å². The molecular formula is C28H43N3O3S. The second-order valence-electron chi connectivity index (χ2n) is 9.14. The van der Waals surface area contributed by atoms with Crippen LogP contribution in [0.1, 0.15) is 110 Å². The normalized spacial score (nSPS) is 10.9. The molecule has 2 rings (SSSR count). The van der Waals surface area contributed by atoms with E-state index in [1.54, 1.807) is 0 Å². The van der Waals surface area contributed by atoms with Crippen LogP contribution in [0.25, 0.3) is 10.6 Å². The van der Waals surface area contributed by atoms with Crippen molar-refractivity contribution < 1.29 is 14.3 Å². The van der Waals surface area contributed by atoms with Crippen molar-refractivity contribution in [3.05, 3.63) is 30.3 Å². The lowest BCUT2D eigenvalue weighted by Crippen LogP contribution is -2.14. The maximum atomic E-state index is 12.1. The van der Waals surface area contributed by atoms with Gasteiger partial charge in [0.2, 0.25) is 11.0 Å². The summed E-state index contributed by atoms with van der Waals surface area (Å²) in [6.07, 6.45) is 18.3. The standard InChI is InChI=1S/C28H43N3O3S/c1-2-3-4-5-6-7-8-9-10-11-12-13-14-18-23-34-26(33)22-21-25(32)29-28-31-30-27(35-28)24-19-16-15-17-20-24/h15-17,19-20H,2-14,18,21-23H2,1H3,(H,29,31,32). The molecule has 1 amide bonds. The van der Waals surface area contributed by atoms with Crippen molar-refractivity contribution in [2.45, 2.75) is 110 Å². The molecule has 2 aromatic rings. The van der Waals surface area contributed by atoms with E-state index in [-0.39, 0.29) is 24.7 Å². The Balaban J connectivity index is 1.39. The number of hydrogen-bond donors (Lipinski definition) is 1. The summed E-state index contributed by atoms with van der Waals surface area (Å²) >= 11 is 1.31. The van der Waals surface area contributed by atoms with Crippen LogP contribution < -0.4 is 5.32 Å². The van der Waals surface area contributed by atoms with Gasteiger partial charge in [-0.15, -0.1) is 10.2 Å². The van der Waals surface area contributed by atoms with Crippen LogP contribution in [0.2, 0.25) is 0 Å². The lowest BCUT2D eigenvalue weighted by Gasteiger charge is -2.05. The Morgan fingerprint density at radius 1 is 0.771 bits per heavy atom. The number of nitrogens with zero attached hydrogens (tertiary/aromatic N) is 2. The van der Waals surface area contributed by atoms with Crippen molar-refractivity contribution in [2.24, 2.45) is 0 Å². The van der Waals surface area contributed by atoms with E-state index in [1.807, 2.05) is 30.3 Å². The molecule has 0 saturated carbocycles. The molecule has 35 heavy (non-hydrogen) atoms. The van der Waals surface area contributed by atoms with Crippen LogP contribution in [0.3, 0.4) is 0 Å². The van der Waals surface area contributed by atoms with Crippen molar-refractivity contribution >= 4 is 28.3 Å². The van der Waals surface area contributed by atoms with Gasteiger partial charge in [0.15, 0.2) is 0 Å². The van der Waals surface area contributed by atoms with Gasteiger partial charge in [-0.3, -0.25) is 9.59 Å². The summed E-state index contributed by atoms with van der Waals surface area (Å²) in [4.78, 5) is 24.0. The smallest absolute Gasteiger partial charge is 0.306 e. The number of unbranched alkanes of at least 4 members (excludes halogenated alkanes) is 13. The number of carbonyl (C=O) groups is 2. The minimum absolute atomic E-state index is 0.0782. The van der Waals surface area contributed by atoms with Gasteiger partial charge in [-0.25, -0.2) is 0 Å². The molecular weight excluding hydrogens is 458 g/mol. The van der Waals surface area contributed by atoms with Crippen LogP contribution in [0.5, 0.6) is 0 Å². The Labute approximate surface area is 215 Å². The molecule has 1 N–H and O–H groups in total. The summed E-state index contributed by atoms with van der Waals surface area (Å²) in [6.45, 7) is 2.70. The first-order valence-corrected chi connectivity index (χ1v) is 14.3. The van der Waals surface area contributed by atoms with Gasteiger partial charge in [0.1, 0.15) is 5.01 Å². The number of benzene rings is 1. The van der Waals surface area contributed by atoms with E-state index < -0.39 is 0 Å². The average molecular weight is 502 g/mol. The van der Waals surface area contributed by atoms with Crippen LogP contribution in [0.4, 0.5) is 5.13 Å². The van der Waals surface area contributed by atoms with Crippen molar-refractivity contribution in [3.8, 4) is 10.6 Å². The molecule has 0 unspecified atom stereocenters. The number of hydrogen-bond acceptors (Lipinski definition) is 6. The average Bonchev–Trinajstić information content (AvgIpc) is 3.34. The van der Waals surface area contributed by atoms with E-state index in [0.717, 1.165) is 23.4 Å². The Kier molecular flexibility index (Phi) is 15.7. The largest absolute Gasteiger partial charge is 0.466 e. The maximum absolute atomic E-state index is 12.1. The summed E-state index contributed by atoms with van der Waals surface area (Å²) in [5.41, 5.74) is 0.956. The molecule has 1 aromatic heterocycles. The molecule has 0 bridgehead atoms. The third-order valence-corrected chi connectivity index (χ3v) is 6.90. The highest BCUT2D eigenvalue weighted by molar-refractivity contribution is 7.18. The van der Waals surface area contributed by atoms with Crippen molar-refractivity contribution in [3.63, 3.8) is 0 Å². The Bertz CT molecular complexity index is 826. The fraction of sp³-hybridized carbons (Fsp3) is 0.643. The Hall–Kier alpha value is -2.28. The van der Waals surface area contributed by atoms with Crippen LogP contribution in [0, 0.1) is 0 Å². The minimum atomic E-state index is -0.322. The third-order valence-electron chi connectivity index (χ3n) is 6.01. The summed E-state index contributed by atoms with van der Waals surface area (Å²) < 4.78 is 5.27. The highest BCUT2D eigenvalue weighted by Crippen LogP contribution is 2.26. The molecule has 1 aromatic carbocycles. The van der Waals surface area contributed by atoms with Crippen molar-refractivity contribution in [1.29, 1.82) is 0 Å². The first-order valence-electron chi connectivity index (χ1n) is 13.5. The quantitative estimate of drug-likeness (QED) is 0.147. The fourth-order valence-electron chi connectivity index (χ4n) is 3.92. The number of esters is 1. The lowest BCUT2D eigenvalue weighted by atomic mass is 10.0. The predicted octanol–water partition coefficient (Wildman–Crippen LogP) is 7.95. The second kappa shape index (κ2) is 19.0. The molecule has 0 aliphatic heterocycles. The van der Waals surface area contributed by atoms with Crippen molar-refractivity contribution in [2.75, 3.05) is 11.9 Å². The van der Waals surface area contributed by atoms with Gasteiger partial charge in [0.05, 0.1) is 13.0 Å².